The maximum atomic E-state index is 12.5. The zero-order valence-corrected chi connectivity index (χ0v) is 18.0. The van der Waals surface area contributed by atoms with Gasteiger partial charge in [-0.05, 0) is 64.5 Å². The summed E-state index contributed by atoms with van der Waals surface area (Å²) in [6.07, 6.45) is 0.990. The Hall–Kier alpha value is -2.01. The molecule has 1 N–H and O–H groups in total. The lowest BCUT2D eigenvalue weighted by Gasteiger charge is -2.12. The number of carbonyl (C=O) groups is 1. The summed E-state index contributed by atoms with van der Waals surface area (Å²) in [6, 6.07) is 12.8. The van der Waals surface area contributed by atoms with Crippen LogP contribution in [0.5, 0.6) is 11.5 Å². The lowest BCUT2D eigenvalue weighted by molar-refractivity contribution is 0.102. The monoisotopic (exact) mass is 433 g/mol. The fraction of sp³-hybridized carbons (Fsp3) is 0.409. The molecule has 1 amide bonds. The second kappa shape index (κ2) is 10.4. The van der Waals surface area contributed by atoms with Crippen LogP contribution in [0.1, 0.15) is 44.5 Å². The Labute approximate surface area is 170 Å². The van der Waals surface area contributed by atoms with Crippen molar-refractivity contribution >= 4 is 27.5 Å². The number of anilines is 1. The zero-order chi connectivity index (χ0) is 19.8. The molecule has 2 aromatic rings. The normalized spacial score (nSPS) is 10.9. The highest BCUT2D eigenvalue weighted by Crippen LogP contribution is 2.27. The van der Waals surface area contributed by atoms with E-state index in [1.54, 1.807) is 12.1 Å². The van der Waals surface area contributed by atoms with Crippen molar-refractivity contribution in [2.75, 3.05) is 18.5 Å². The van der Waals surface area contributed by atoms with E-state index in [0.29, 0.717) is 36.3 Å². The van der Waals surface area contributed by atoms with Crippen LogP contribution < -0.4 is 14.8 Å². The van der Waals surface area contributed by atoms with Gasteiger partial charge in [-0.3, -0.25) is 4.79 Å². The van der Waals surface area contributed by atoms with E-state index in [-0.39, 0.29) is 5.91 Å². The van der Waals surface area contributed by atoms with Crippen molar-refractivity contribution in [2.24, 2.45) is 11.8 Å². The van der Waals surface area contributed by atoms with Crippen LogP contribution in [0.25, 0.3) is 0 Å². The second-order valence-corrected chi connectivity index (χ2v) is 8.22. The third kappa shape index (κ3) is 7.25. The Morgan fingerprint density at radius 2 is 1.81 bits per heavy atom. The molecule has 146 valence electrons. The van der Waals surface area contributed by atoms with Gasteiger partial charge in [0, 0.05) is 17.3 Å². The van der Waals surface area contributed by atoms with Crippen LogP contribution in [0.15, 0.2) is 46.9 Å². The Morgan fingerprint density at radius 3 is 2.48 bits per heavy atom. The average Bonchev–Trinajstić information content (AvgIpc) is 2.61. The highest BCUT2D eigenvalue weighted by Gasteiger charge is 2.10. The highest BCUT2D eigenvalue weighted by molar-refractivity contribution is 9.10. The molecule has 0 aromatic heterocycles. The molecular weight excluding hydrogens is 406 g/mol. The minimum absolute atomic E-state index is 0.176. The van der Waals surface area contributed by atoms with Crippen molar-refractivity contribution in [2.45, 2.75) is 34.1 Å². The van der Waals surface area contributed by atoms with E-state index in [0.717, 1.165) is 22.4 Å². The first-order valence-corrected chi connectivity index (χ1v) is 10.1. The topological polar surface area (TPSA) is 47.6 Å². The summed E-state index contributed by atoms with van der Waals surface area (Å²) < 4.78 is 12.2. The number of halogens is 1. The van der Waals surface area contributed by atoms with Crippen molar-refractivity contribution in [3.63, 3.8) is 0 Å². The molecule has 0 aliphatic rings. The summed E-state index contributed by atoms with van der Waals surface area (Å²) in [7, 11) is 0. The molecule has 2 rings (SSSR count). The van der Waals surface area contributed by atoms with Gasteiger partial charge < -0.3 is 14.8 Å². The van der Waals surface area contributed by atoms with E-state index in [1.807, 2.05) is 30.3 Å². The number of hydrogen-bond donors (Lipinski definition) is 1. The first kappa shape index (κ1) is 21.3. The molecule has 0 saturated carbocycles. The van der Waals surface area contributed by atoms with E-state index < -0.39 is 0 Å². The Morgan fingerprint density at radius 1 is 1.04 bits per heavy atom. The quantitative estimate of drug-likeness (QED) is 0.514. The molecule has 0 saturated heterocycles. The molecule has 0 fully saturated rings. The lowest BCUT2D eigenvalue weighted by Crippen LogP contribution is -2.12. The van der Waals surface area contributed by atoms with Gasteiger partial charge in [0.2, 0.25) is 0 Å². The predicted octanol–water partition coefficient (Wildman–Crippen LogP) is 6.16. The summed E-state index contributed by atoms with van der Waals surface area (Å²) in [4.78, 5) is 12.5. The second-order valence-electron chi connectivity index (χ2n) is 7.36. The number of nitrogens with one attached hydrogen (secondary N) is 1. The molecule has 27 heavy (non-hydrogen) atoms. The third-order valence-electron chi connectivity index (χ3n) is 3.82. The van der Waals surface area contributed by atoms with Crippen LogP contribution >= 0.6 is 15.9 Å². The Bertz CT molecular complexity index is 759. The molecule has 0 unspecified atom stereocenters. The molecule has 2 aromatic carbocycles. The summed E-state index contributed by atoms with van der Waals surface area (Å²) >= 11 is 3.49. The van der Waals surface area contributed by atoms with Gasteiger partial charge in [-0.25, -0.2) is 0 Å². The Kier molecular flexibility index (Phi) is 8.17. The minimum atomic E-state index is -0.176. The van der Waals surface area contributed by atoms with Gasteiger partial charge in [0.05, 0.1) is 17.7 Å². The average molecular weight is 434 g/mol. The van der Waals surface area contributed by atoms with E-state index in [9.17, 15) is 4.79 Å². The number of amides is 1. The van der Waals surface area contributed by atoms with E-state index >= 15 is 0 Å². The summed E-state index contributed by atoms with van der Waals surface area (Å²) in [5, 5.41) is 2.91. The number of rotatable bonds is 9. The van der Waals surface area contributed by atoms with Crippen LogP contribution in [0.4, 0.5) is 5.69 Å². The number of benzene rings is 2. The molecule has 0 aliphatic heterocycles. The first-order valence-electron chi connectivity index (χ1n) is 9.31. The number of ether oxygens (including phenoxy) is 2. The molecule has 0 aliphatic carbocycles. The lowest BCUT2D eigenvalue weighted by atomic mass is 10.1. The molecule has 0 spiro atoms. The van der Waals surface area contributed by atoms with Crippen molar-refractivity contribution in [1.29, 1.82) is 0 Å². The fourth-order valence-electron chi connectivity index (χ4n) is 2.29. The summed E-state index contributed by atoms with van der Waals surface area (Å²) in [5.41, 5.74) is 1.27. The van der Waals surface area contributed by atoms with Gasteiger partial charge in [-0.1, -0.05) is 33.8 Å². The van der Waals surface area contributed by atoms with Crippen molar-refractivity contribution in [3.8, 4) is 11.5 Å². The van der Waals surface area contributed by atoms with Gasteiger partial charge >= 0.3 is 0 Å². The third-order valence-corrected chi connectivity index (χ3v) is 4.44. The highest BCUT2D eigenvalue weighted by atomic mass is 79.9. The molecular formula is C22H28BrNO3. The van der Waals surface area contributed by atoms with Crippen LogP contribution in [0, 0.1) is 11.8 Å². The van der Waals surface area contributed by atoms with E-state index in [4.69, 9.17) is 9.47 Å². The molecule has 0 bridgehead atoms. The Balaban J connectivity index is 1.99. The van der Waals surface area contributed by atoms with Crippen LogP contribution in [-0.2, 0) is 0 Å². The SMILES string of the molecule is CC(C)CCOc1ccc(C(=O)Nc2cccc(OCC(C)C)c2)cc1Br. The van der Waals surface area contributed by atoms with Crippen molar-refractivity contribution in [1.82, 2.24) is 0 Å². The van der Waals surface area contributed by atoms with Crippen molar-refractivity contribution < 1.29 is 14.3 Å². The molecule has 5 heteroatoms. The number of hydrogen-bond acceptors (Lipinski definition) is 3. The molecule has 0 atom stereocenters. The zero-order valence-electron chi connectivity index (χ0n) is 16.4. The number of carbonyl (C=O) groups excluding carboxylic acids is 1. The minimum Gasteiger partial charge on any atom is -0.493 e. The standard InChI is InChI=1S/C22H28BrNO3/c1-15(2)10-11-26-21-9-8-17(12-20(21)23)22(25)24-18-6-5-7-19(13-18)27-14-16(3)4/h5-9,12-13,15-16H,10-11,14H2,1-4H3,(H,24,25). The summed E-state index contributed by atoms with van der Waals surface area (Å²) in [6.45, 7) is 9.82. The van der Waals surface area contributed by atoms with Crippen molar-refractivity contribution in [3.05, 3.63) is 52.5 Å². The van der Waals surface area contributed by atoms with Crippen LogP contribution in [-0.4, -0.2) is 19.1 Å². The molecule has 4 nitrogen and oxygen atoms in total. The van der Waals surface area contributed by atoms with Crippen LogP contribution in [0.2, 0.25) is 0 Å². The first-order chi connectivity index (χ1) is 12.8. The van der Waals surface area contributed by atoms with E-state index in [1.165, 1.54) is 0 Å². The van der Waals surface area contributed by atoms with Gasteiger partial charge in [-0.2, -0.15) is 0 Å². The van der Waals surface area contributed by atoms with Crippen LogP contribution in [0.3, 0.4) is 0 Å². The van der Waals surface area contributed by atoms with E-state index in [2.05, 4.69) is 48.9 Å². The van der Waals surface area contributed by atoms with Gasteiger partial charge in [-0.15, -0.1) is 0 Å². The largest absolute Gasteiger partial charge is 0.493 e. The maximum Gasteiger partial charge on any atom is 0.255 e. The maximum absolute atomic E-state index is 12.5. The summed E-state index contributed by atoms with van der Waals surface area (Å²) in [5.74, 6) is 2.36. The molecule has 0 heterocycles. The smallest absolute Gasteiger partial charge is 0.255 e. The predicted molar refractivity (Wildman–Crippen MR) is 114 cm³/mol. The fourth-order valence-corrected chi connectivity index (χ4v) is 2.79. The van der Waals surface area contributed by atoms with Gasteiger partial charge in [0.15, 0.2) is 0 Å². The van der Waals surface area contributed by atoms with Gasteiger partial charge in [0.25, 0.3) is 5.91 Å². The van der Waals surface area contributed by atoms with Gasteiger partial charge in [0.1, 0.15) is 11.5 Å². The molecule has 0 radical (unpaired) electrons.